The number of nitrogens with zero attached hydrogens (tertiary/aromatic N) is 2. The van der Waals surface area contributed by atoms with E-state index in [0.29, 0.717) is 27.4 Å². The van der Waals surface area contributed by atoms with Crippen molar-refractivity contribution in [1.29, 1.82) is 0 Å². The number of aryl methyl sites for hydroxylation is 1. The van der Waals surface area contributed by atoms with Gasteiger partial charge in [-0.2, -0.15) is 0 Å². The number of hydrogen-bond acceptors (Lipinski definition) is 4. The summed E-state index contributed by atoms with van der Waals surface area (Å²) in [4.78, 5) is 18.1. The Morgan fingerprint density at radius 1 is 1.26 bits per heavy atom. The van der Waals surface area contributed by atoms with Crippen LogP contribution >= 0.6 is 46.1 Å². The van der Waals surface area contributed by atoms with Crippen LogP contribution in [-0.4, -0.2) is 29.4 Å². The summed E-state index contributed by atoms with van der Waals surface area (Å²) in [5.41, 5.74) is 0.871. The largest absolute Gasteiger partial charge is 0.482 e. The minimum Gasteiger partial charge on any atom is -0.482 e. The molecular weight excluding hydrogens is 379 g/mol. The van der Waals surface area contributed by atoms with E-state index in [-0.39, 0.29) is 12.5 Å². The fraction of sp³-hybridized carbons (Fsp3) is 0.333. The number of carbonyl (C=O) groups is 1. The van der Waals surface area contributed by atoms with Crippen molar-refractivity contribution < 1.29 is 9.53 Å². The van der Waals surface area contributed by atoms with Crippen LogP contribution in [0.2, 0.25) is 15.1 Å². The van der Waals surface area contributed by atoms with E-state index in [4.69, 9.17) is 39.5 Å². The third-order valence-electron chi connectivity index (χ3n) is 3.05. The van der Waals surface area contributed by atoms with Crippen LogP contribution in [0, 0.1) is 0 Å². The molecule has 2 aromatic rings. The Morgan fingerprint density at radius 2 is 1.96 bits per heavy atom. The quantitative estimate of drug-likeness (QED) is 0.668. The first kappa shape index (κ1) is 18.3. The Labute approximate surface area is 153 Å². The molecule has 0 aliphatic carbocycles. The second kappa shape index (κ2) is 8.20. The maximum Gasteiger partial charge on any atom is 0.260 e. The number of ether oxygens (including phenoxy) is 1. The Balaban J connectivity index is 1.92. The topological polar surface area (TPSA) is 42.4 Å². The van der Waals surface area contributed by atoms with Crippen molar-refractivity contribution in [3.8, 4) is 5.75 Å². The zero-order chi connectivity index (χ0) is 17.0. The molecule has 1 aromatic carbocycles. The molecule has 0 aliphatic heterocycles. The highest BCUT2D eigenvalue weighted by Gasteiger charge is 2.14. The lowest BCUT2D eigenvalue weighted by atomic mass is 10.3. The molecule has 0 atom stereocenters. The third-order valence-corrected chi connectivity index (χ3v) is 5.11. The molecule has 1 aromatic heterocycles. The predicted octanol–water partition coefficient (Wildman–Crippen LogP) is 4.70. The van der Waals surface area contributed by atoms with E-state index >= 15 is 0 Å². The molecular formula is C15H15Cl3N2O2S. The van der Waals surface area contributed by atoms with Crippen LogP contribution in [0.3, 0.4) is 0 Å². The van der Waals surface area contributed by atoms with E-state index in [9.17, 15) is 4.79 Å². The van der Waals surface area contributed by atoms with Gasteiger partial charge in [-0.1, -0.05) is 41.7 Å². The normalized spacial score (nSPS) is 10.7. The number of amides is 1. The van der Waals surface area contributed by atoms with Crippen LogP contribution in [0.5, 0.6) is 5.75 Å². The zero-order valence-corrected chi connectivity index (χ0v) is 15.7. The number of carbonyl (C=O) groups excluding carboxylic acids is 1. The Bertz CT molecular complexity index is 706. The smallest absolute Gasteiger partial charge is 0.260 e. The minimum atomic E-state index is -0.182. The van der Waals surface area contributed by atoms with Gasteiger partial charge in [0, 0.05) is 18.5 Å². The summed E-state index contributed by atoms with van der Waals surface area (Å²) in [6.45, 7) is 2.35. The molecule has 0 radical (unpaired) electrons. The van der Waals surface area contributed by atoms with Crippen LogP contribution in [0.25, 0.3) is 0 Å². The zero-order valence-electron chi connectivity index (χ0n) is 12.6. The second-order valence-corrected chi connectivity index (χ2v) is 6.99. The van der Waals surface area contributed by atoms with Gasteiger partial charge in [0.05, 0.1) is 32.3 Å². The fourth-order valence-corrected chi connectivity index (χ4v) is 3.11. The van der Waals surface area contributed by atoms with Gasteiger partial charge in [0.1, 0.15) is 5.75 Å². The van der Waals surface area contributed by atoms with E-state index in [1.807, 2.05) is 12.3 Å². The molecule has 0 saturated heterocycles. The monoisotopic (exact) mass is 392 g/mol. The van der Waals surface area contributed by atoms with Gasteiger partial charge in [0.2, 0.25) is 0 Å². The van der Waals surface area contributed by atoms with Gasteiger partial charge in [0.25, 0.3) is 5.91 Å². The first-order valence-corrected chi connectivity index (χ1v) is 8.86. The van der Waals surface area contributed by atoms with Crippen molar-refractivity contribution in [2.24, 2.45) is 0 Å². The molecule has 124 valence electrons. The fourth-order valence-electron chi connectivity index (χ4n) is 1.78. The van der Waals surface area contributed by atoms with Gasteiger partial charge in [0.15, 0.2) is 6.61 Å². The SMILES string of the molecule is CCc1nc(CN(C)C(=O)COc2cc(Cl)c(Cl)cc2Cl)cs1. The summed E-state index contributed by atoms with van der Waals surface area (Å²) in [6, 6.07) is 2.98. The maximum atomic E-state index is 12.1. The number of hydrogen-bond donors (Lipinski definition) is 0. The molecule has 4 nitrogen and oxygen atoms in total. The molecule has 8 heteroatoms. The molecule has 0 bridgehead atoms. The third kappa shape index (κ3) is 4.98. The summed E-state index contributed by atoms with van der Waals surface area (Å²) in [5.74, 6) is 0.142. The lowest BCUT2D eigenvalue weighted by molar-refractivity contribution is -0.132. The van der Waals surface area contributed by atoms with Crippen molar-refractivity contribution in [3.63, 3.8) is 0 Å². The van der Waals surface area contributed by atoms with Gasteiger partial charge in [-0.3, -0.25) is 4.79 Å². The van der Waals surface area contributed by atoms with E-state index in [2.05, 4.69) is 4.98 Å². The van der Waals surface area contributed by atoms with Crippen LogP contribution in [0.4, 0.5) is 0 Å². The molecule has 2 rings (SSSR count). The molecule has 0 aliphatic rings. The van der Waals surface area contributed by atoms with Crippen LogP contribution in [-0.2, 0) is 17.8 Å². The van der Waals surface area contributed by atoms with E-state index in [0.717, 1.165) is 17.1 Å². The number of likely N-dealkylation sites (N-methyl/N-ethyl adjacent to an activating group) is 1. The van der Waals surface area contributed by atoms with Crippen molar-refractivity contribution >= 4 is 52.0 Å². The van der Waals surface area contributed by atoms with Crippen molar-refractivity contribution in [2.45, 2.75) is 19.9 Å². The lowest BCUT2D eigenvalue weighted by Crippen LogP contribution is -2.31. The van der Waals surface area contributed by atoms with Crippen molar-refractivity contribution in [1.82, 2.24) is 9.88 Å². The number of benzene rings is 1. The molecule has 1 amide bonds. The van der Waals surface area contributed by atoms with E-state index in [1.54, 1.807) is 23.3 Å². The standard InChI is InChI=1S/C15H15Cl3N2O2S/c1-3-14-19-9(8-23-14)6-20(2)15(21)7-22-13-5-11(17)10(16)4-12(13)18/h4-5,8H,3,6-7H2,1-2H3. The van der Waals surface area contributed by atoms with E-state index < -0.39 is 0 Å². The molecule has 0 fully saturated rings. The first-order valence-electron chi connectivity index (χ1n) is 6.85. The number of thiazole rings is 1. The summed E-state index contributed by atoms with van der Waals surface area (Å²) < 4.78 is 5.44. The first-order chi connectivity index (χ1) is 10.9. The van der Waals surface area contributed by atoms with Crippen molar-refractivity contribution in [3.05, 3.63) is 43.3 Å². The number of rotatable bonds is 6. The Morgan fingerprint density at radius 3 is 2.61 bits per heavy atom. The summed E-state index contributed by atoms with van der Waals surface area (Å²) >= 11 is 19.4. The van der Waals surface area contributed by atoms with Crippen LogP contribution < -0.4 is 4.74 Å². The van der Waals surface area contributed by atoms with Gasteiger partial charge >= 0.3 is 0 Å². The average molecular weight is 394 g/mol. The average Bonchev–Trinajstić information content (AvgIpc) is 2.96. The summed E-state index contributed by atoms with van der Waals surface area (Å²) in [5, 5.41) is 3.98. The Kier molecular flexibility index (Phi) is 6.53. The van der Waals surface area contributed by atoms with Gasteiger partial charge in [-0.05, 0) is 12.5 Å². The molecule has 0 unspecified atom stereocenters. The number of aromatic nitrogens is 1. The molecule has 23 heavy (non-hydrogen) atoms. The highest BCUT2D eigenvalue weighted by molar-refractivity contribution is 7.09. The summed E-state index contributed by atoms with van der Waals surface area (Å²) in [7, 11) is 1.70. The van der Waals surface area contributed by atoms with Gasteiger partial charge < -0.3 is 9.64 Å². The maximum absolute atomic E-state index is 12.1. The van der Waals surface area contributed by atoms with Crippen LogP contribution in [0.1, 0.15) is 17.6 Å². The molecule has 1 heterocycles. The highest BCUT2D eigenvalue weighted by atomic mass is 35.5. The summed E-state index contributed by atoms with van der Waals surface area (Å²) in [6.07, 6.45) is 0.890. The minimum absolute atomic E-state index is 0.140. The lowest BCUT2D eigenvalue weighted by Gasteiger charge is -2.17. The van der Waals surface area contributed by atoms with Gasteiger partial charge in [-0.15, -0.1) is 11.3 Å². The van der Waals surface area contributed by atoms with Crippen LogP contribution in [0.15, 0.2) is 17.5 Å². The van der Waals surface area contributed by atoms with E-state index in [1.165, 1.54) is 12.1 Å². The second-order valence-electron chi connectivity index (χ2n) is 4.82. The van der Waals surface area contributed by atoms with Gasteiger partial charge in [-0.25, -0.2) is 4.98 Å². The Hall–Kier alpha value is -1.01. The molecule has 0 N–H and O–H groups in total. The highest BCUT2D eigenvalue weighted by Crippen LogP contribution is 2.33. The molecule has 0 spiro atoms. The predicted molar refractivity (Wildman–Crippen MR) is 94.9 cm³/mol. The van der Waals surface area contributed by atoms with Crippen molar-refractivity contribution in [2.75, 3.05) is 13.7 Å². The number of halogens is 3. The molecule has 0 saturated carbocycles.